The van der Waals surface area contributed by atoms with Crippen LogP contribution in [0.5, 0.6) is 0 Å². The molecule has 0 bridgehead atoms. The smallest absolute Gasteiger partial charge is 0.231 e. The molecule has 25 heavy (non-hydrogen) atoms. The van der Waals surface area contributed by atoms with Crippen LogP contribution in [-0.4, -0.2) is 42.9 Å². The molecule has 0 aromatic heterocycles. The molecule has 1 aromatic rings. The number of carbonyl (C=O) groups excluding carboxylic acids is 2. The van der Waals surface area contributed by atoms with Gasteiger partial charge in [-0.15, -0.1) is 0 Å². The van der Waals surface area contributed by atoms with Gasteiger partial charge in [0.25, 0.3) is 0 Å². The molecule has 1 heterocycles. The molecule has 0 spiro atoms. The van der Waals surface area contributed by atoms with Crippen molar-refractivity contribution in [1.29, 1.82) is 0 Å². The summed E-state index contributed by atoms with van der Waals surface area (Å²) in [4.78, 5) is 22.3. The lowest BCUT2D eigenvalue weighted by Crippen LogP contribution is -2.26. The Kier molecular flexibility index (Phi) is 18.7. The topological polar surface area (TPSA) is 115 Å². The van der Waals surface area contributed by atoms with Crippen LogP contribution in [0.3, 0.4) is 0 Å². The summed E-state index contributed by atoms with van der Waals surface area (Å²) in [5.41, 5.74) is 15.9. The molecule has 1 aromatic carbocycles. The van der Waals surface area contributed by atoms with Crippen LogP contribution in [0.1, 0.15) is 45.6 Å². The zero-order chi connectivity index (χ0) is 19.5. The van der Waals surface area contributed by atoms with E-state index in [1.807, 2.05) is 43.9 Å². The summed E-state index contributed by atoms with van der Waals surface area (Å²) in [7, 11) is 0. The molecule has 0 radical (unpaired) electrons. The number of benzene rings is 1. The number of primary amides is 1. The highest BCUT2D eigenvalue weighted by molar-refractivity contribution is 5.76. The first-order valence-electron chi connectivity index (χ1n) is 9.05. The van der Waals surface area contributed by atoms with Crippen LogP contribution in [-0.2, 0) is 16.0 Å². The number of rotatable bonds is 4. The SMILES string of the molecule is CC.CCC(=O)N1CCCC1.NCC(N)=O.NCCc1ccccc1. The van der Waals surface area contributed by atoms with Gasteiger partial charge in [0.2, 0.25) is 11.8 Å². The molecule has 1 aliphatic rings. The molecule has 0 saturated carbocycles. The second-order valence-electron chi connectivity index (χ2n) is 5.14. The van der Waals surface area contributed by atoms with Gasteiger partial charge in [-0.2, -0.15) is 0 Å². The third-order valence-electron chi connectivity index (χ3n) is 3.24. The van der Waals surface area contributed by atoms with Crippen LogP contribution in [0.25, 0.3) is 0 Å². The van der Waals surface area contributed by atoms with Crippen molar-refractivity contribution in [3.63, 3.8) is 0 Å². The molecule has 0 atom stereocenters. The molecule has 6 heteroatoms. The molecule has 2 rings (SSSR count). The van der Waals surface area contributed by atoms with Crippen molar-refractivity contribution < 1.29 is 9.59 Å². The van der Waals surface area contributed by atoms with Crippen molar-refractivity contribution in [2.45, 2.75) is 46.5 Å². The molecule has 1 aliphatic heterocycles. The molecule has 1 saturated heterocycles. The predicted octanol–water partition coefficient (Wildman–Crippen LogP) is 1.66. The summed E-state index contributed by atoms with van der Waals surface area (Å²) >= 11 is 0. The number of hydrogen-bond donors (Lipinski definition) is 3. The van der Waals surface area contributed by atoms with E-state index in [0.717, 1.165) is 26.1 Å². The van der Waals surface area contributed by atoms with Gasteiger partial charge in [-0.1, -0.05) is 51.1 Å². The van der Waals surface area contributed by atoms with Crippen molar-refractivity contribution in [2.75, 3.05) is 26.2 Å². The molecule has 2 amide bonds. The monoisotopic (exact) mass is 352 g/mol. The fourth-order valence-electron chi connectivity index (χ4n) is 2.00. The minimum absolute atomic E-state index is 0.0556. The van der Waals surface area contributed by atoms with Gasteiger partial charge in [0, 0.05) is 19.5 Å². The van der Waals surface area contributed by atoms with E-state index in [4.69, 9.17) is 11.5 Å². The third-order valence-corrected chi connectivity index (χ3v) is 3.24. The lowest BCUT2D eigenvalue weighted by Gasteiger charge is -2.12. The summed E-state index contributed by atoms with van der Waals surface area (Å²) in [6.45, 7) is 8.59. The van der Waals surface area contributed by atoms with Crippen LogP contribution in [0, 0.1) is 0 Å². The van der Waals surface area contributed by atoms with E-state index in [1.54, 1.807) is 0 Å². The molecular weight excluding hydrogens is 316 g/mol. The lowest BCUT2D eigenvalue weighted by atomic mass is 10.2. The Morgan fingerprint density at radius 3 is 1.88 bits per heavy atom. The van der Waals surface area contributed by atoms with Gasteiger partial charge in [0.1, 0.15) is 0 Å². The molecular formula is C19H36N4O2. The molecule has 1 fully saturated rings. The van der Waals surface area contributed by atoms with Crippen LogP contribution < -0.4 is 17.2 Å². The second-order valence-corrected chi connectivity index (χ2v) is 5.14. The Morgan fingerprint density at radius 2 is 1.52 bits per heavy atom. The summed E-state index contributed by atoms with van der Waals surface area (Å²) in [5, 5.41) is 0. The van der Waals surface area contributed by atoms with Crippen LogP contribution in [0.4, 0.5) is 0 Å². The molecule has 0 unspecified atom stereocenters. The first-order chi connectivity index (χ1) is 12.0. The first-order valence-corrected chi connectivity index (χ1v) is 9.05. The maximum absolute atomic E-state index is 10.9. The summed E-state index contributed by atoms with van der Waals surface area (Å²) < 4.78 is 0. The second kappa shape index (κ2) is 18.4. The van der Waals surface area contributed by atoms with Crippen LogP contribution in [0.2, 0.25) is 0 Å². The quantitative estimate of drug-likeness (QED) is 0.764. The van der Waals surface area contributed by atoms with Crippen molar-refractivity contribution in [1.82, 2.24) is 4.90 Å². The zero-order valence-corrected chi connectivity index (χ0v) is 16.0. The molecule has 6 nitrogen and oxygen atoms in total. The molecule has 0 aliphatic carbocycles. The van der Waals surface area contributed by atoms with E-state index >= 15 is 0 Å². The van der Waals surface area contributed by atoms with Crippen molar-refractivity contribution in [3.8, 4) is 0 Å². The standard InChI is InChI=1S/C8H11N.C7H13NO.C2H6N2O.C2H6/c9-7-6-8-4-2-1-3-5-8;1-2-7(9)8-5-3-4-6-8;3-1-2(4)5;1-2/h1-5H,6-7,9H2;2-6H2,1H3;1,3H2,(H2,4,5);1-2H3. The maximum atomic E-state index is 10.9. The Morgan fingerprint density at radius 1 is 1.04 bits per heavy atom. The van der Waals surface area contributed by atoms with Crippen molar-refractivity contribution >= 4 is 11.8 Å². The van der Waals surface area contributed by atoms with Gasteiger partial charge in [-0.05, 0) is 31.4 Å². The minimum atomic E-state index is -0.468. The largest absolute Gasteiger partial charge is 0.369 e. The molecule has 144 valence electrons. The van der Waals surface area contributed by atoms with E-state index in [0.29, 0.717) is 12.3 Å². The Bertz CT molecular complexity index is 432. The van der Waals surface area contributed by atoms with Gasteiger partial charge in [0.05, 0.1) is 6.54 Å². The van der Waals surface area contributed by atoms with Crippen molar-refractivity contribution in [2.24, 2.45) is 17.2 Å². The van der Waals surface area contributed by atoms with Gasteiger partial charge in [0.15, 0.2) is 0 Å². The van der Waals surface area contributed by atoms with Gasteiger partial charge < -0.3 is 22.1 Å². The summed E-state index contributed by atoms with van der Waals surface area (Å²) in [6.07, 6.45) is 4.05. The number of amides is 2. The minimum Gasteiger partial charge on any atom is -0.369 e. The van der Waals surface area contributed by atoms with Crippen molar-refractivity contribution in [3.05, 3.63) is 35.9 Å². The number of hydrogen-bond acceptors (Lipinski definition) is 4. The van der Waals surface area contributed by atoms with Crippen LogP contribution >= 0.6 is 0 Å². The fraction of sp³-hybridized carbons (Fsp3) is 0.579. The van der Waals surface area contributed by atoms with E-state index < -0.39 is 5.91 Å². The van der Waals surface area contributed by atoms with E-state index in [-0.39, 0.29) is 6.54 Å². The Balaban J connectivity index is 0. The maximum Gasteiger partial charge on any atom is 0.231 e. The first kappa shape index (κ1) is 25.3. The number of nitrogens with zero attached hydrogens (tertiary/aromatic N) is 1. The number of carbonyl (C=O) groups is 2. The van der Waals surface area contributed by atoms with Gasteiger partial charge in [-0.25, -0.2) is 0 Å². The average Bonchev–Trinajstić information content (AvgIpc) is 3.20. The highest BCUT2D eigenvalue weighted by Crippen LogP contribution is 2.07. The average molecular weight is 353 g/mol. The highest BCUT2D eigenvalue weighted by Gasteiger charge is 2.14. The van der Waals surface area contributed by atoms with E-state index in [2.05, 4.69) is 17.9 Å². The molecule has 6 N–H and O–H groups in total. The predicted molar refractivity (Wildman–Crippen MR) is 105 cm³/mol. The summed E-state index contributed by atoms with van der Waals surface area (Å²) in [6, 6.07) is 10.3. The van der Waals surface area contributed by atoms with Crippen LogP contribution in [0.15, 0.2) is 30.3 Å². The number of likely N-dealkylation sites (tertiary alicyclic amines) is 1. The highest BCUT2D eigenvalue weighted by atomic mass is 16.2. The lowest BCUT2D eigenvalue weighted by molar-refractivity contribution is -0.129. The van der Waals surface area contributed by atoms with Gasteiger partial charge >= 0.3 is 0 Å². The van der Waals surface area contributed by atoms with E-state index in [1.165, 1.54) is 18.4 Å². The zero-order valence-electron chi connectivity index (χ0n) is 16.0. The van der Waals surface area contributed by atoms with Gasteiger partial charge in [-0.3, -0.25) is 9.59 Å². The summed E-state index contributed by atoms with van der Waals surface area (Å²) in [5.74, 6) is -0.155. The Labute approximate surface area is 152 Å². The van der Waals surface area contributed by atoms with E-state index in [9.17, 15) is 9.59 Å². The number of nitrogens with two attached hydrogens (primary N) is 3. The normalized spacial score (nSPS) is 11.8. The Hall–Kier alpha value is -1.92. The fourth-order valence-corrected chi connectivity index (χ4v) is 2.00. The third kappa shape index (κ3) is 15.4.